The maximum atomic E-state index is 10.3. The molecule has 0 saturated carbocycles. The van der Waals surface area contributed by atoms with Gasteiger partial charge in [0, 0.05) is 24.4 Å². The Balaban J connectivity index is 2.73. The van der Waals surface area contributed by atoms with E-state index < -0.39 is 4.92 Å². The van der Waals surface area contributed by atoms with Gasteiger partial charge in [-0.15, -0.1) is 0 Å². The van der Waals surface area contributed by atoms with Gasteiger partial charge in [0.2, 0.25) is 0 Å². The molecule has 1 aromatic carbocycles. The zero-order chi connectivity index (χ0) is 10.6. The number of benzene rings is 1. The fourth-order valence-corrected chi connectivity index (χ4v) is 0.870. The summed E-state index contributed by atoms with van der Waals surface area (Å²) in [7, 11) is 1.38. The van der Waals surface area contributed by atoms with Crippen LogP contribution in [0, 0.1) is 10.1 Å². The van der Waals surface area contributed by atoms with Crippen molar-refractivity contribution in [2.75, 3.05) is 7.11 Å². The smallest absolute Gasteiger partial charge is 0.357 e. The van der Waals surface area contributed by atoms with Crippen LogP contribution in [0.5, 0.6) is 5.75 Å². The Hall–Kier alpha value is -1.69. The first kappa shape index (κ1) is 10.4. The van der Waals surface area contributed by atoms with Gasteiger partial charge in [-0.2, -0.15) is 0 Å². The summed E-state index contributed by atoms with van der Waals surface area (Å²) in [5, 5.41) is 10.3. The van der Waals surface area contributed by atoms with Crippen molar-refractivity contribution in [3.8, 4) is 5.75 Å². The molecule has 14 heavy (non-hydrogen) atoms. The number of hydrogen-bond acceptors (Lipinski definition) is 5. The predicted octanol–water partition coefficient (Wildman–Crippen LogP) is 1.90. The SMILES string of the molecule is COC(=S)Oc1ccc([N+](=O)[O-])cc1. The van der Waals surface area contributed by atoms with E-state index in [2.05, 4.69) is 17.0 Å². The van der Waals surface area contributed by atoms with Crippen LogP contribution in [-0.2, 0) is 4.74 Å². The highest BCUT2D eigenvalue weighted by Crippen LogP contribution is 2.17. The van der Waals surface area contributed by atoms with Gasteiger partial charge >= 0.3 is 5.24 Å². The van der Waals surface area contributed by atoms with Crippen molar-refractivity contribution >= 4 is 23.1 Å². The first-order chi connectivity index (χ1) is 6.63. The van der Waals surface area contributed by atoms with Gasteiger partial charge in [0.25, 0.3) is 5.69 Å². The lowest BCUT2D eigenvalue weighted by molar-refractivity contribution is -0.384. The second-order valence-electron chi connectivity index (χ2n) is 2.31. The number of methoxy groups -OCH3 is 1. The monoisotopic (exact) mass is 213 g/mol. The maximum Gasteiger partial charge on any atom is 0.357 e. The standard InChI is InChI=1S/C8H7NO4S/c1-12-8(14)13-7-4-2-6(3-5-7)9(10)11/h2-5H,1H3. The molecular weight excluding hydrogens is 206 g/mol. The Morgan fingerprint density at radius 1 is 1.43 bits per heavy atom. The van der Waals surface area contributed by atoms with Gasteiger partial charge in [0.1, 0.15) is 5.75 Å². The van der Waals surface area contributed by atoms with E-state index in [1.807, 2.05) is 0 Å². The molecule has 1 rings (SSSR count). The van der Waals surface area contributed by atoms with E-state index >= 15 is 0 Å². The van der Waals surface area contributed by atoms with Crippen LogP contribution in [-0.4, -0.2) is 17.3 Å². The molecule has 0 atom stereocenters. The Morgan fingerprint density at radius 3 is 2.43 bits per heavy atom. The van der Waals surface area contributed by atoms with Crippen molar-refractivity contribution in [3.63, 3.8) is 0 Å². The normalized spacial score (nSPS) is 9.21. The molecule has 0 aliphatic rings. The minimum atomic E-state index is -0.488. The highest BCUT2D eigenvalue weighted by atomic mass is 32.1. The number of thiocarbonyl (C=S) groups is 1. The predicted molar refractivity (Wildman–Crippen MR) is 53.3 cm³/mol. The third kappa shape index (κ3) is 2.67. The van der Waals surface area contributed by atoms with Crippen molar-refractivity contribution in [2.45, 2.75) is 0 Å². The van der Waals surface area contributed by atoms with Gasteiger partial charge < -0.3 is 9.47 Å². The molecule has 0 unspecified atom stereocenters. The van der Waals surface area contributed by atoms with E-state index in [1.165, 1.54) is 31.4 Å². The van der Waals surface area contributed by atoms with Gasteiger partial charge in [-0.05, 0) is 12.1 Å². The Morgan fingerprint density at radius 2 is 2.00 bits per heavy atom. The van der Waals surface area contributed by atoms with Crippen LogP contribution in [0.2, 0.25) is 0 Å². The molecule has 0 aromatic heterocycles. The number of ether oxygens (including phenoxy) is 2. The number of nitro benzene ring substituents is 1. The lowest BCUT2D eigenvalue weighted by atomic mass is 10.3. The molecule has 74 valence electrons. The van der Waals surface area contributed by atoms with Gasteiger partial charge in [-0.25, -0.2) is 0 Å². The minimum absolute atomic E-state index is 0.000634. The Labute approximate surface area is 85.4 Å². The first-order valence-electron chi connectivity index (χ1n) is 3.63. The van der Waals surface area contributed by atoms with E-state index in [0.717, 1.165) is 0 Å². The molecule has 0 spiro atoms. The summed E-state index contributed by atoms with van der Waals surface area (Å²) >= 11 is 4.64. The van der Waals surface area contributed by atoms with Crippen LogP contribution in [0.4, 0.5) is 5.69 Å². The summed E-state index contributed by atoms with van der Waals surface area (Å²) in [6.07, 6.45) is 0. The number of non-ortho nitro benzene ring substituents is 1. The van der Waals surface area contributed by atoms with E-state index in [-0.39, 0.29) is 10.9 Å². The molecule has 0 N–H and O–H groups in total. The zero-order valence-corrected chi connectivity index (χ0v) is 8.11. The van der Waals surface area contributed by atoms with Gasteiger partial charge in [-0.1, -0.05) is 0 Å². The largest absolute Gasteiger partial charge is 0.460 e. The van der Waals surface area contributed by atoms with Crippen molar-refractivity contribution < 1.29 is 14.4 Å². The molecule has 0 aliphatic heterocycles. The third-order valence-corrected chi connectivity index (χ3v) is 1.67. The summed E-state index contributed by atoms with van der Waals surface area (Å²) in [5.41, 5.74) is 0.000634. The third-order valence-electron chi connectivity index (χ3n) is 1.42. The van der Waals surface area contributed by atoms with Crippen LogP contribution >= 0.6 is 12.2 Å². The molecule has 5 nitrogen and oxygen atoms in total. The van der Waals surface area contributed by atoms with Crippen molar-refractivity contribution in [3.05, 3.63) is 34.4 Å². The fraction of sp³-hybridized carbons (Fsp3) is 0.125. The summed E-state index contributed by atoms with van der Waals surface area (Å²) in [5.74, 6) is 0.405. The van der Waals surface area contributed by atoms with Gasteiger partial charge in [0.15, 0.2) is 0 Å². The number of hydrogen-bond donors (Lipinski definition) is 0. The molecule has 1 aromatic rings. The fourth-order valence-electron chi connectivity index (χ4n) is 0.774. The second-order valence-corrected chi connectivity index (χ2v) is 2.64. The lowest BCUT2D eigenvalue weighted by Crippen LogP contribution is -2.06. The van der Waals surface area contributed by atoms with Crippen molar-refractivity contribution in [1.82, 2.24) is 0 Å². The molecule has 0 heterocycles. The average Bonchev–Trinajstić information content (AvgIpc) is 2.18. The summed E-state index contributed by atoms with van der Waals surface area (Å²) in [6, 6.07) is 5.55. The summed E-state index contributed by atoms with van der Waals surface area (Å²) < 4.78 is 9.59. The molecule has 0 fully saturated rings. The van der Waals surface area contributed by atoms with Crippen LogP contribution in [0.3, 0.4) is 0 Å². The van der Waals surface area contributed by atoms with E-state index in [9.17, 15) is 10.1 Å². The highest BCUT2D eigenvalue weighted by molar-refractivity contribution is 7.79. The Kier molecular flexibility index (Phi) is 3.35. The summed E-state index contributed by atoms with van der Waals surface area (Å²) in [6.45, 7) is 0. The van der Waals surface area contributed by atoms with Crippen molar-refractivity contribution in [1.29, 1.82) is 0 Å². The molecule has 6 heteroatoms. The van der Waals surface area contributed by atoms with E-state index in [4.69, 9.17) is 4.74 Å². The Bertz CT molecular complexity index is 349. The highest BCUT2D eigenvalue weighted by Gasteiger charge is 2.05. The van der Waals surface area contributed by atoms with E-state index in [1.54, 1.807) is 0 Å². The van der Waals surface area contributed by atoms with Crippen LogP contribution in [0.1, 0.15) is 0 Å². The number of nitrogens with zero attached hydrogens (tertiary/aromatic N) is 1. The molecule has 0 bridgehead atoms. The molecule has 0 radical (unpaired) electrons. The van der Waals surface area contributed by atoms with Crippen LogP contribution < -0.4 is 4.74 Å². The average molecular weight is 213 g/mol. The van der Waals surface area contributed by atoms with Crippen molar-refractivity contribution in [2.24, 2.45) is 0 Å². The quantitative estimate of drug-likeness (QED) is 0.426. The minimum Gasteiger partial charge on any atom is -0.460 e. The molecular formula is C8H7NO4S. The second kappa shape index (κ2) is 4.52. The summed E-state index contributed by atoms with van der Waals surface area (Å²) in [4.78, 5) is 9.82. The van der Waals surface area contributed by atoms with E-state index in [0.29, 0.717) is 5.75 Å². The van der Waals surface area contributed by atoms with Gasteiger partial charge in [-0.3, -0.25) is 10.1 Å². The lowest BCUT2D eigenvalue weighted by Gasteiger charge is -2.03. The maximum absolute atomic E-state index is 10.3. The molecule has 0 aliphatic carbocycles. The number of rotatable bonds is 2. The van der Waals surface area contributed by atoms with Gasteiger partial charge in [0.05, 0.1) is 12.0 Å². The molecule has 0 saturated heterocycles. The molecule has 0 amide bonds. The first-order valence-corrected chi connectivity index (χ1v) is 4.04. The van der Waals surface area contributed by atoms with Crippen LogP contribution in [0.25, 0.3) is 0 Å². The zero-order valence-electron chi connectivity index (χ0n) is 7.30. The number of nitro groups is 1. The topological polar surface area (TPSA) is 61.6 Å². The van der Waals surface area contributed by atoms with Crippen LogP contribution in [0.15, 0.2) is 24.3 Å².